The molecular formula is C16H23N3O3. The first-order valence-corrected chi connectivity index (χ1v) is 8.01. The van der Waals surface area contributed by atoms with Gasteiger partial charge in [-0.15, -0.1) is 0 Å². The topological polar surface area (TPSA) is 75.4 Å². The molecule has 0 aliphatic carbocycles. The van der Waals surface area contributed by atoms with Crippen LogP contribution in [0.4, 0.5) is 0 Å². The fourth-order valence-electron chi connectivity index (χ4n) is 4.33. The summed E-state index contributed by atoms with van der Waals surface area (Å²) in [7, 11) is 1.87. The first-order chi connectivity index (χ1) is 10.5. The van der Waals surface area contributed by atoms with Gasteiger partial charge in [0.25, 0.3) is 0 Å². The van der Waals surface area contributed by atoms with Crippen molar-refractivity contribution >= 4 is 11.9 Å². The van der Waals surface area contributed by atoms with Gasteiger partial charge in [-0.1, -0.05) is 6.92 Å². The highest BCUT2D eigenvalue weighted by molar-refractivity contribution is 5.82. The van der Waals surface area contributed by atoms with E-state index in [-0.39, 0.29) is 18.0 Å². The largest absolute Gasteiger partial charge is 0.481 e. The fraction of sp³-hybridized carbons (Fsp3) is 0.688. The molecule has 0 radical (unpaired) electrons. The third kappa shape index (κ3) is 2.12. The van der Waals surface area contributed by atoms with Crippen LogP contribution in [0.5, 0.6) is 0 Å². The van der Waals surface area contributed by atoms with Crippen molar-refractivity contribution in [3.8, 4) is 0 Å². The van der Waals surface area contributed by atoms with Crippen LogP contribution in [0.15, 0.2) is 12.3 Å². The van der Waals surface area contributed by atoms with Gasteiger partial charge in [0, 0.05) is 37.4 Å². The standard InChI is InChI=1S/C16H23N3O3/c1-3-16(15(21)22)10-12-4-6-13(16)19(12)14(20)7-5-11-8-9-17-18(11)2/h8-9,12-13H,3-7,10H2,1-2H3,(H,21,22)/t12-,13+,16+/m0/s1. The number of carbonyl (C=O) groups is 2. The highest BCUT2D eigenvalue weighted by Crippen LogP contribution is 2.52. The average molecular weight is 305 g/mol. The van der Waals surface area contributed by atoms with Crippen LogP contribution < -0.4 is 0 Å². The molecule has 3 heterocycles. The molecule has 0 unspecified atom stereocenters. The zero-order valence-corrected chi connectivity index (χ0v) is 13.2. The SMILES string of the molecule is CC[C@@]1(C(=O)O)C[C@@H]2CC[C@H]1N2C(=O)CCc1ccnn1C. The van der Waals surface area contributed by atoms with Gasteiger partial charge in [-0.2, -0.15) is 5.10 Å². The molecule has 6 nitrogen and oxygen atoms in total. The summed E-state index contributed by atoms with van der Waals surface area (Å²) in [6.07, 6.45) is 5.77. The molecule has 0 saturated carbocycles. The highest BCUT2D eigenvalue weighted by Gasteiger charge is 2.60. The van der Waals surface area contributed by atoms with Crippen LogP contribution in [0, 0.1) is 5.41 Å². The minimum atomic E-state index is -0.744. The average Bonchev–Trinajstić information content (AvgIpc) is 3.17. The monoisotopic (exact) mass is 305 g/mol. The lowest BCUT2D eigenvalue weighted by atomic mass is 9.72. The molecule has 1 amide bonds. The lowest BCUT2D eigenvalue weighted by Gasteiger charge is -2.32. The molecule has 2 bridgehead atoms. The molecule has 2 aliphatic heterocycles. The Bertz CT molecular complexity index is 597. The molecule has 3 atom stereocenters. The van der Waals surface area contributed by atoms with Gasteiger partial charge in [-0.3, -0.25) is 14.3 Å². The first kappa shape index (κ1) is 15.1. The molecule has 2 fully saturated rings. The summed E-state index contributed by atoms with van der Waals surface area (Å²) in [6, 6.07) is 1.90. The Morgan fingerprint density at radius 1 is 1.45 bits per heavy atom. The number of rotatable bonds is 5. The van der Waals surface area contributed by atoms with Crippen molar-refractivity contribution in [1.29, 1.82) is 0 Å². The van der Waals surface area contributed by atoms with Crippen molar-refractivity contribution in [1.82, 2.24) is 14.7 Å². The van der Waals surface area contributed by atoms with Crippen LogP contribution in [0.2, 0.25) is 0 Å². The van der Waals surface area contributed by atoms with Crippen molar-refractivity contribution in [3.05, 3.63) is 18.0 Å². The summed E-state index contributed by atoms with van der Waals surface area (Å²) in [5.74, 6) is -0.656. The summed E-state index contributed by atoms with van der Waals surface area (Å²) in [5.41, 5.74) is 0.297. The Labute approximate surface area is 130 Å². The number of amides is 1. The van der Waals surface area contributed by atoms with Crippen LogP contribution >= 0.6 is 0 Å². The van der Waals surface area contributed by atoms with E-state index in [4.69, 9.17) is 0 Å². The van der Waals surface area contributed by atoms with Crippen molar-refractivity contribution < 1.29 is 14.7 Å². The molecule has 0 aromatic carbocycles. The molecule has 120 valence electrons. The molecule has 1 aromatic heterocycles. The van der Waals surface area contributed by atoms with Crippen LogP contribution in [0.25, 0.3) is 0 Å². The number of nitrogens with zero attached hydrogens (tertiary/aromatic N) is 3. The molecule has 0 spiro atoms. The number of fused-ring (bicyclic) bond motifs is 2. The van der Waals surface area contributed by atoms with Gasteiger partial charge in [-0.05, 0) is 38.2 Å². The Balaban J connectivity index is 1.71. The maximum absolute atomic E-state index is 12.6. The smallest absolute Gasteiger partial charge is 0.311 e. The molecule has 1 N–H and O–H groups in total. The lowest BCUT2D eigenvalue weighted by Crippen LogP contribution is -2.44. The Morgan fingerprint density at radius 3 is 2.77 bits per heavy atom. The molecule has 2 aliphatic rings. The number of aliphatic carboxylic acids is 1. The number of carbonyl (C=O) groups excluding carboxylic acids is 1. The first-order valence-electron chi connectivity index (χ1n) is 8.01. The zero-order chi connectivity index (χ0) is 15.9. The predicted molar refractivity (Wildman–Crippen MR) is 80.2 cm³/mol. The third-order valence-electron chi connectivity index (χ3n) is 5.60. The number of carboxylic acids is 1. The van der Waals surface area contributed by atoms with Crippen LogP contribution in [-0.2, 0) is 23.1 Å². The van der Waals surface area contributed by atoms with E-state index in [2.05, 4.69) is 5.10 Å². The second-order valence-electron chi connectivity index (χ2n) is 6.51. The third-order valence-corrected chi connectivity index (χ3v) is 5.60. The van der Waals surface area contributed by atoms with E-state index < -0.39 is 11.4 Å². The number of aryl methyl sites for hydroxylation is 2. The van der Waals surface area contributed by atoms with Gasteiger partial charge in [0.15, 0.2) is 0 Å². The van der Waals surface area contributed by atoms with Crippen molar-refractivity contribution in [3.63, 3.8) is 0 Å². The minimum Gasteiger partial charge on any atom is -0.481 e. The maximum atomic E-state index is 12.6. The number of aromatic nitrogens is 2. The van der Waals surface area contributed by atoms with Gasteiger partial charge >= 0.3 is 5.97 Å². The Kier molecular flexibility index (Phi) is 3.70. The lowest BCUT2D eigenvalue weighted by molar-refractivity contribution is -0.151. The summed E-state index contributed by atoms with van der Waals surface area (Å²) in [4.78, 5) is 26.3. The highest BCUT2D eigenvalue weighted by atomic mass is 16.4. The molecule has 6 heteroatoms. The van der Waals surface area contributed by atoms with E-state index >= 15 is 0 Å². The molecule has 3 rings (SSSR count). The van der Waals surface area contributed by atoms with Gasteiger partial charge < -0.3 is 10.0 Å². The summed E-state index contributed by atoms with van der Waals surface area (Å²) in [5, 5.41) is 13.8. The molecule has 2 saturated heterocycles. The van der Waals surface area contributed by atoms with Gasteiger partial charge in [0.2, 0.25) is 5.91 Å². The van der Waals surface area contributed by atoms with Crippen LogP contribution in [-0.4, -0.2) is 43.7 Å². The second kappa shape index (κ2) is 5.41. The molecular weight excluding hydrogens is 282 g/mol. The van der Waals surface area contributed by atoms with E-state index in [1.165, 1.54) is 0 Å². The summed E-state index contributed by atoms with van der Waals surface area (Å²) in [6.45, 7) is 1.92. The van der Waals surface area contributed by atoms with Crippen molar-refractivity contribution in [2.45, 2.75) is 57.5 Å². The fourth-order valence-corrected chi connectivity index (χ4v) is 4.33. The van der Waals surface area contributed by atoms with Gasteiger partial charge in [-0.25, -0.2) is 0 Å². The van der Waals surface area contributed by atoms with Crippen LogP contribution in [0.3, 0.4) is 0 Å². The Morgan fingerprint density at radius 2 is 2.23 bits per heavy atom. The van der Waals surface area contributed by atoms with Gasteiger partial charge in [0.05, 0.1) is 5.41 Å². The maximum Gasteiger partial charge on any atom is 0.311 e. The molecule has 1 aromatic rings. The number of carboxylic acid groups (broad SMARTS) is 1. The van der Waals surface area contributed by atoms with E-state index in [9.17, 15) is 14.7 Å². The van der Waals surface area contributed by atoms with Crippen molar-refractivity contribution in [2.24, 2.45) is 12.5 Å². The molecule has 22 heavy (non-hydrogen) atoms. The van der Waals surface area contributed by atoms with Crippen molar-refractivity contribution in [2.75, 3.05) is 0 Å². The van der Waals surface area contributed by atoms with Gasteiger partial charge in [0.1, 0.15) is 0 Å². The van der Waals surface area contributed by atoms with E-state index in [0.717, 1.165) is 18.5 Å². The second-order valence-corrected chi connectivity index (χ2v) is 6.51. The van der Waals surface area contributed by atoms with Crippen LogP contribution in [0.1, 0.15) is 44.7 Å². The van der Waals surface area contributed by atoms with E-state index in [1.807, 2.05) is 24.9 Å². The number of hydrogen-bond donors (Lipinski definition) is 1. The quantitative estimate of drug-likeness (QED) is 0.896. The van der Waals surface area contributed by atoms with E-state index in [1.54, 1.807) is 10.9 Å². The number of hydrogen-bond acceptors (Lipinski definition) is 3. The minimum absolute atomic E-state index is 0.0882. The van der Waals surface area contributed by atoms with E-state index in [0.29, 0.717) is 25.7 Å². The normalized spacial score (nSPS) is 30.0. The predicted octanol–water partition coefficient (Wildman–Crippen LogP) is 1.60. The summed E-state index contributed by atoms with van der Waals surface area (Å²) >= 11 is 0. The Hall–Kier alpha value is -1.85. The summed E-state index contributed by atoms with van der Waals surface area (Å²) < 4.78 is 1.78. The zero-order valence-electron chi connectivity index (χ0n) is 13.2.